The van der Waals surface area contributed by atoms with Crippen LogP contribution in [0.3, 0.4) is 0 Å². The maximum absolute atomic E-state index is 6.27. The van der Waals surface area contributed by atoms with Crippen molar-refractivity contribution >= 4 is 17.3 Å². The number of piperazine rings is 1. The molecule has 1 saturated heterocycles. The van der Waals surface area contributed by atoms with Crippen LogP contribution in [0.25, 0.3) is 0 Å². The minimum absolute atomic E-state index is 0.423. The van der Waals surface area contributed by atoms with Gasteiger partial charge in [-0.1, -0.05) is 23.7 Å². The van der Waals surface area contributed by atoms with Gasteiger partial charge in [0.2, 0.25) is 0 Å². The van der Waals surface area contributed by atoms with Gasteiger partial charge in [0.05, 0.1) is 10.7 Å². The number of para-hydroxylation sites is 1. The molecular weight excluding hydrogens is 258 g/mol. The summed E-state index contributed by atoms with van der Waals surface area (Å²) < 4.78 is 0. The van der Waals surface area contributed by atoms with E-state index in [4.69, 9.17) is 17.3 Å². The van der Waals surface area contributed by atoms with E-state index in [0.29, 0.717) is 12.1 Å². The Hall–Kier alpha value is -0.770. The first-order chi connectivity index (χ1) is 9.24. The average Bonchev–Trinajstić information content (AvgIpc) is 2.86. The average molecular weight is 280 g/mol. The molecule has 1 aromatic carbocycles. The van der Waals surface area contributed by atoms with Crippen molar-refractivity contribution in [2.75, 3.05) is 31.1 Å². The third kappa shape index (κ3) is 2.88. The molecular formula is C15H22ClN3. The maximum Gasteiger partial charge on any atom is 0.0639 e. The highest BCUT2D eigenvalue weighted by Crippen LogP contribution is 2.28. The summed E-state index contributed by atoms with van der Waals surface area (Å²) in [7, 11) is 0. The molecule has 3 rings (SSSR count). The topological polar surface area (TPSA) is 32.5 Å². The summed E-state index contributed by atoms with van der Waals surface area (Å²) in [5.74, 6) is 0. The molecule has 1 aliphatic heterocycles. The Bertz CT molecular complexity index is 429. The number of anilines is 1. The van der Waals surface area contributed by atoms with Gasteiger partial charge in [-0.25, -0.2) is 0 Å². The minimum Gasteiger partial charge on any atom is -0.368 e. The SMILES string of the molecule is NC1CCC(N2CCN(c3ccccc3Cl)CC2)C1. The summed E-state index contributed by atoms with van der Waals surface area (Å²) in [6.45, 7) is 4.39. The molecule has 2 atom stereocenters. The van der Waals surface area contributed by atoms with Crippen molar-refractivity contribution < 1.29 is 0 Å². The van der Waals surface area contributed by atoms with Crippen LogP contribution in [0, 0.1) is 0 Å². The van der Waals surface area contributed by atoms with Gasteiger partial charge in [-0.15, -0.1) is 0 Å². The summed E-state index contributed by atoms with van der Waals surface area (Å²) in [6, 6.07) is 9.27. The van der Waals surface area contributed by atoms with Crippen molar-refractivity contribution in [2.45, 2.75) is 31.3 Å². The van der Waals surface area contributed by atoms with E-state index in [2.05, 4.69) is 21.9 Å². The van der Waals surface area contributed by atoms with Crippen molar-refractivity contribution in [3.63, 3.8) is 0 Å². The van der Waals surface area contributed by atoms with Gasteiger partial charge in [0.25, 0.3) is 0 Å². The molecule has 0 amide bonds. The zero-order chi connectivity index (χ0) is 13.2. The molecule has 1 saturated carbocycles. The molecule has 2 N–H and O–H groups in total. The summed E-state index contributed by atoms with van der Waals surface area (Å²) in [5.41, 5.74) is 7.19. The Morgan fingerprint density at radius 3 is 2.42 bits per heavy atom. The zero-order valence-electron chi connectivity index (χ0n) is 11.3. The second-order valence-corrected chi connectivity index (χ2v) is 6.11. The van der Waals surface area contributed by atoms with Crippen LogP contribution in [0.15, 0.2) is 24.3 Å². The van der Waals surface area contributed by atoms with Crippen LogP contribution in [0.2, 0.25) is 5.02 Å². The molecule has 19 heavy (non-hydrogen) atoms. The Balaban J connectivity index is 1.59. The van der Waals surface area contributed by atoms with E-state index >= 15 is 0 Å². The van der Waals surface area contributed by atoms with Crippen LogP contribution in [-0.2, 0) is 0 Å². The van der Waals surface area contributed by atoms with Crippen LogP contribution in [-0.4, -0.2) is 43.2 Å². The quantitative estimate of drug-likeness (QED) is 0.902. The van der Waals surface area contributed by atoms with Gasteiger partial charge in [0.15, 0.2) is 0 Å². The Morgan fingerprint density at radius 2 is 1.79 bits per heavy atom. The highest BCUT2D eigenvalue weighted by molar-refractivity contribution is 6.33. The van der Waals surface area contributed by atoms with E-state index in [1.165, 1.54) is 24.9 Å². The van der Waals surface area contributed by atoms with E-state index < -0.39 is 0 Å². The predicted molar refractivity (Wildman–Crippen MR) is 80.9 cm³/mol. The van der Waals surface area contributed by atoms with Crippen LogP contribution in [0.4, 0.5) is 5.69 Å². The molecule has 1 aromatic rings. The van der Waals surface area contributed by atoms with Crippen LogP contribution < -0.4 is 10.6 Å². The molecule has 0 bridgehead atoms. The fraction of sp³-hybridized carbons (Fsp3) is 0.600. The lowest BCUT2D eigenvalue weighted by molar-refractivity contribution is 0.186. The smallest absolute Gasteiger partial charge is 0.0639 e. The standard InChI is InChI=1S/C15H22ClN3/c16-14-3-1-2-4-15(14)19-9-7-18(8-10-19)13-6-5-12(17)11-13/h1-4,12-13H,5-11,17H2. The molecule has 0 radical (unpaired) electrons. The fourth-order valence-corrected chi connectivity index (χ4v) is 3.61. The summed E-state index contributed by atoms with van der Waals surface area (Å²) in [5, 5.41) is 0.860. The molecule has 104 valence electrons. The van der Waals surface area contributed by atoms with E-state index in [1.54, 1.807) is 0 Å². The zero-order valence-corrected chi connectivity index (χ0v) is 12.0. The largest absolute Gasteiger partial charge is 0.368 e. The van der Waals surface area contributed by atoms with Gasteiger partial charge < -0.3 is 10.6 Å². The molecule has 0 spiro atoms. The van der Waals surface area contributed by atoms with E-state index in [9.17, 15) is 0 Å². The number of nitrogens with two attached hydrogens (primary N) is 1. The lowest BCUT2D eigenvalue weighted by Gasteiger charge is -2.39. The number of benzene rings is 1. The van der Waals surface area contributed by atoms with E-state index in [-0.39, 0.29) is 0 Å². The summed E-state index contributed by atoms with van der Waals surface area (Å²) in [4.78, 5) is 5.01. The third-order valence-corrected chi connectivity index (χ3v) is 4.79. The molecule has 2 aliphatic rings. The Kier molecular flexibility index (Phi) is 3.96. The minimum atomic E-state index is 0.423. The van der Waals surface area contributed by atoms with Crippen molar-refractivity contribution in [2.24, 2.45) is 5.73 Å². The number of rotatable bonds is 2. The first-order valence-corrected chi connectivity index (χ1v) is 7.61. The predicted octanol–water partition coefficient (Wildman–Crippen LogP) is 2.34. The fourth-order valence-electron chi connectivity index (χ4n) is 3.36. The molecule has 0 aromatic heterocycles. The maximum atomic E-state index is 6.27. The van der Waals surface area contributed by atoms with Gasteiger partial charge >= 0.3 is 0 Å². The van der Waals surface area contributed by atoms with Crippen LogP contribution >= 0.6 is 11.6 Å². The summed E-state index contributed by atoms with van der Waals surface area (Å²) in [6.07, 6.45) is 3.63. The third-order valence-electron chi connectivity index (χ3n) is 4.47. The molecule has 1 aliphatic carbocycles. The van der Waals surface area contributed by atoms with Gasteiger partial charge in [-0.3, -0.25) is 4.90 Å². The summed E-state index contributed by atoms with van der Waals surface area (Å²) >= 11 is 6.27. The van der Waals surface area contributed by atoms with Gasteiger partial charge in [-0.05, 0) is 31.4 Å². The van der Waals surface area contributed by atoms with Gasteiger partial charge in [0, 0.05) is 38.3 Å². The van der Waals surface area contributed by atoms with Crippen LogP contribution in [0.5, 0.6) is 0 Å². The van der Waals surface area contributed by atoms with Crippen molar-refractivity contribution in [3.8, 4) is 0 Å². The van der Waals surface area contributed by atoms with E-state index in [0.717, 1.165) is 31.2 Å². The lowest BCUT2D eigenvalue weighted by Crippen LogP contribution is -2.50. The number of nitrogens with zero attached hydrogens (tertiary/aromatic N) is 2. The first-order valence-electron chi connectivity index (χ1n) is 7.23. The monoisotopic (exact) mass is 279 g/mol. The lowest BCUT2D eigenvalue weighted by atomic mass is 10.1. The molecule has 3 nitrogen and oxygen atoms in total. The highest BCUT2D eigenvalue weighted by Gasteiger charge is 2.29. The van der Waals surface area contributed by atoms with Crippen molar-refractivity contribution in [3.05, 3.63) is 29.3 Å². The number of hydrogen-bond donors (Lipinski definition) is 1. The molecule has 2 unspecified atom stereocenters. The number of hydrogen-bond acceptors (Lipinski definition) is 3. The second-order valence-electron chi connectivity index (χ2n) is 5.70. The van der Waals surface area contributed by atoms with Crippen LogP contribution in [0.1, 0.15) is 19.3 Å². The Labute approximate surface area is 120 Å². The molecule has 1 heterocycles. The van der Waals surface area contributed by atoms with E-state index in [1.807, 2.05) is 12.1 Å². The Morgan fingerprint density at radius 1 is 1.05 bits per heavy atom. The van der Waals surface area contributed by atoms with Crippen molar-refractivity contribution in [1.29, 1.82) is 0 Å². The molecule has 2 fully saturated rings. The van der Waals surface area contributed by atoms with Crippen molar-refractivity contribution in [1.82, 2.24) is 4.90 Å². The van der Waals surface area contributed by atoms with Gasteiger partial charge in [0.1, 0.15) is 0 Å². The molecule has 4 heteroatoms. The second kappa shape index (κ2) is 5.70. The normalized spacial score (nSPS) is 28.8. The highest BCUT2D eigenvalue weighted by atomic mass is 35.5. The van der Waals surface area contributed by atoms with Gasteiger partial charge in [-0.2, -0.15) is 0 Å². The number of halogens is 1. The first kappa shape index (κ1) is 13.2.